The van der Waals surface area contributed by atoms with E-state index in [0.29, 0.717) is 0 Å². The molecule has 1 nitrogen and oxygen atoms in total. The summed E-state index contributed by atoms with van der Waals surface area (Å²) in [4.78, 5) is 0. The van der Waals surface area contributed by atoms with Gasteiger partial charge in [0.1, 0.15) is 0 Å². The second-order valence-corrected chi connectivity index (χ2v) is 4.23. The van der Waals surface area contributed by atoms with Crippen LogP contribution in [0, 0.1) is 23.7 Å². The Labute approximate surface area is 67.7 Å². The van der Waals surface area contributed by atoms with Gasteiger partial charge in [-0.3, -0.25) is 0 Å². The molecule has 60 valence electrons. The number of rotatable bonds is 2. The number of nitrogens with two attached hydrogens (primary N) is 1. The fourth-order valence-electron chi connectivity index (χ4n) is 3.41. The summed E-state index contributed by atoms with van der Waals surface area (Å²) < 4.78 is 0. The first-order valence-electron chi connectivity index (χ1n) is 4.83. The average molecular weight is 149 g/mol. The molecular formula is C10H15N. The van der Waals surface area contributed by atoms with Crippen molar-refractivity contribution in [1.82, 2.24) is 0 Å². The van der Waals surface area contributed by atoms with Gasteiger partial charge in [-0.1, -0.05) is 11.6 Å². The molecule has 0 amide bonds. The molecule has 2 N–H and O–H groups in total. The van der Waals surface area contributed by atoms with Crippen LogP contribution >= 0.6 is 0 Å². The molecule has 0 aromatic carbocycles. The summed E-state index contributed by atoms with van der Waals surface area (Å²) in [6.45, 7) is 0.887. The lowest BCUT2D eigenvalue weighted by Gasteiger charge is -2.29. The van der Waals surface area contributed by atoms with Crippen LogP contribution in [0.25, 0.3) is 0 Å². The van der Waals surface area contributed by atoms with E-state index in [4.69, 9.17) is 5.73 Å². The molecule has 0 aromatic heterocycles. The zero-order valence-electron chi connectivity index (χ0n) is 6.79. The summed E-state index contributed by atoms with van der Waals surface area (Å²) in [5.41, 5.74) is 7.36. The molecule has 3 aliphatic carbocycles. The molecule has 1 heteroatoms. The molecular weight excluding hydrogens is 134 g/mol. The Morgan fingerprint density at radius 3 is 3.18 bits per heavy atom. The van der Waals surface area contributed by atoms with Gasteiger partial charge >= 0.3 is 0 Å². The molecule has 2 saturated carbocycles. The van der Waals surface area contributed by atoms with Gasteiger partial charge in [-0.15, -0.1) is 0 Å². The first-order valence-corrected chi connectivity index (χ1v) is 4.83. The summed E-state index contributed by atoms with van der Waals surface area (Å²) in [5, 5.41) is 0. The monoisotopic (exact) mass is 149 g/mol. The van der Waals surface area contributed by atoms with E-state index in [1.807, 2.05) is 0 Å². The zero-order valence-corrected chi connectivity index (χ0v) is 6.79. The molecule has 2 fully saturated rings. The maximum Gasteiger partial charge on any atom is -0.00715 e. The van der Waals surface area contributed by atoms with Gasteiger partial charge in [-0.25, -0.2) is 0 Å². The van der Waals surface area contributed by atoms with Crippen LogP contribution in [-0.4, -0.2) is 6.54 Å². The van der Waals surface area contributed by atoms with Crippen molar-refractivity contribution in [3.63, 3.8) is 0 Å². The first-order chi connectivity index (χ1) is 5.43. The largest absolute Gasteiger partial charge is 0.330 e. The highest BCUT2D eigenvalue weighted by Gasteiger charge is 2.65. The minimum absolute atomic E-state index is 0.887. The lowest BCUT2D eigenvalue weighted by Crippen LogP contribution is -2.23. The van der Waals surface area contributed by atoms with E-state index in [1.165, 1.54) is 19.3 Å². The number of allylic oxidation sites excluding steroid dienone is 2. The third kappa shape index (κ3) is 0.610. The number of fused-ring (bicyclic) bond motifs is 1. The zero-order chi connectivity index (χ0) is 7.42. The van der Waals surface area contributed by atoms with Gasteiger partial charge in [-0.05, 0) is 49.5 Å². The number of hydrogen-bond donors (Lipinski definition) is 1. The van der Waals surface area contributed by atoms with Crippen LogP contribution < -0.4 is 5.73 Å². The molecule has 3 rings (SSSR count). The predicted octanol–water partition coefficient (Wildman–Crippen LogP) is 1.55. The normalized spacial score (nSPS) is 50.8. The van der Waals surface area contributed by atoms with Crippen LogP contribution in [0.1, 0.15) is 19.3 Å². The van der Waals surface area contributed by atoms with E-state index in [-0.39, 0.29) is 0 Å². The van der Waals surface area contributed by atoms with Crippen LogP contribution in [0.2, 0.25) is 0 Å². The van der Waals surface area contributed by atoms with E-state index in [0.717, 1.165) is 30.2 Å². The minimum Gasteiger partial charge on any atom is -0.330 e. The molecule has 11 heavy (non-hydrogen) atoms. The van der Waals surface area contributed by atoms with Gasteiger partial charge in [-0.2, -0.15) is 0 Å². The van der Waals surface area contributed by atoms with Crippen LogP contribution in [0.3, 0.4) is 0 Å². The molecule has 0 heterocycles. The lowest BCUT2D eigenvalue weighted by molar-refractivity contribution is 0.388. The third-order valence-corrected chi connectivity index (χ3v) is 3.86. The molecule has 3 aliphatic rings. The van der Waals surface area contributed by atoms with Gasteiger partial charge in [0.05, 0.1) is 0 Å². The maximum atomic E-state index is 5.58. The molecule has 0 radical (unpaired) electrons. The topological polar surface area (TPSA) is 26.0 Å². The van der Waals surface area contributed by atoms with Gasteiger partial charge < -0.3 is 5.73 Å². The molecule has 0 spiro atoms. The van der Waals surface area contributed by atoms with E-state index in [9.17, 15) is 0 Å². The van der Waals surface area contributed by atoms with Crippen molar-refractivity contribution in [2.24, 2.45) is 29.4 Å². The smallest absolute Gasteiger partial charge is 0.00715 e. The second kappa shape index (κ2) is 1.89. The Balaban J connectivity index is 1.81. The van der Waals surface area contributed by atoms with Crippen molar-refractivity contribution in [3.8, 4) is 0 Å². The summed E-state index contributed by atoms with van der Waals surface area (Å²) in [6.07, 6.45) is 6.57. The van der Waals surface area contributed by atoms with Crippen molar-refractivity contribution in [1.29, 1.82) is 0 Å². The molecule has 0 bridgehead atoms. The SMILES string of the molecule is NCCC1C2=CCCC3C2C13. The highest BCUT2D eigenvalue weighted by Crippen LogP contribution is 2.72. The minimum atomic E-state index is 0.887. The van der Waals surface area contributed by atoms with Crippen molar-refractivity contribution < 1.29 is 0 Å². The molecule has 0 saturated heterocycles. The molecule has 0 aromatic rings. The Hall–Kier alpha value is -0.300. The van der Waals surface area contributed by atoms with E-state index in [2.05, 4.69) is 6.08 Å². The Kier molecular flexibility index (Phi) is 1.07. The van der Waals surface area contributed by atoms with Crippen molar-refractivity contribution in [2.45, 2.75) is 19.3 Å². The molecule has 0 aliphatic heterocycles. The lowest BCUT2D eigenvalue weighted by atomic mass is 9.77. The maximum absolute atomic E-state index is 5.58. The Morgan fingerprint density at radius 2 is 2.45 bits per heavy atom. The Morgan fingerprint density at radius 1 is 1.55 bits per heavy atom. The number of hydrogen-bond acceptors (Lipinski definition) is 1. The van der Waals surface area contributed by atoms with E-state index < -0.39 is 0 Å². The summed E-state index contributed by atoms with van der Waals surface area (Å²) >= 11 is 0. The van der Waals surface area contributed by atoms with Crippen LogP contribution in [-0.2, 0) is 0 Å². The van der Waals surface area contributed by atoms with E-state index >= 15 is 0 Å². The highest BCUT2D eigenvalue weighted by molar-refractivity contribution is 5.38. The van der Waals surface area contributed by atoms with Gasteiger partial charge in [0.2, 0.25) is 0 Å². The van der Waals surface area contributed by atoms with Crippen LogP contribution in [0.4, 0.5) is 0 Å². The molecule has 4 unspecified atom stereocenters. The van der Waals surface area contributed by atoms with E-state index in [1.54, 1.807) is 5.57 Å². The predicted molar refractivity (Wildman–Crippen MR) is 44.9 cm³/mol. The van der Waals surface area contributed by atoms with Crippen LogP contribution in [0.15, 0.2) is 11.6 Å². The van der Waals surface area contributed by atoms with Gasteiger partial charge in [0, 0.05) is 0 Å². The quantitative estimate of drug-likeness (QED) is 0.592. The summed E-state index contributed by atoms with van der Waals surface area (Å²) in [7, 11) is 0. The first kappa shape index (κ1) is 6.24. The van der Waals surface area contributed by atoms with Gasteiger partial charge in [0.25, 0.3) is 0 Å². The molecule has 4 atom stereocenters. The highest BCUT2D eigenvalue weighted by atomic mass is 14.7. The fourth-order valence-corrected chi connectivity index (χ4v) is 3.41. The third-order valence-electron chi connectivity index (χ3n) is 3.86. The van der Waals surface area contributed by atoms with Crippen molar-refractivity contribution in [2.75, 3.05) is 6.54 Å². The van der Waals surface area contributed by atoms with Crippen molar-refractivity contribution in [3.05, 3.63) is 11.6 Å². The summed E-state index contributed by atoms with van der Waals surface area (Å²) in [6, 6.07) is 0. The van der Waals surface area contributed by atoms with Gasteiger partial charge in [0.15, 0.2) is 0 Å². The average Bonchev–Trinajstić information content (AvgIpc) is 2.71. The van der Waals surface area contributed by atoms with Crippen molar-refractivity contribution >= 4 is 0 Å². The van der Waals surface area contributed by atoms with Crippen LogP contribution in [0.5, 0.6) is 0 Å². The standard InChI is InChI=1S/C10H15N/c11-5-4-7-6-2-1-3-8-9(6)10(7)8/h2,7-10H,1,3-5,11H2. The summed E-state index contributed by atoms with van der Waals surface area (Å²) in [5.74, 6) is 4.18. The Bertz CT molecular complexity index is 219. The second-order valence-electron chi connectivity index (χ2n) is 4.23. The fraction of sp³-hybridized carbons (Fsp3) is 0.800.